The maximum Gasteiger partial charge on any atom is 0.0901 e. The summed E-state index contributed by atoms with van der Waals surface area (Å²) in [5.41, 5.74) is 0. The Morgan fingerprint density at radius 1 is 1.58 bits per heavy atom. The van der Waals surface area contributed by atoms with Gasteiger partial charge in [-0.05, 0) is 6.42 Å². The number of nitrogens with one attached hydrogen (secondary N) is 1. The van der Waals surface area contributed by atoms with E-state index in [2.05, 4.69) is 0 Å². The summed E-state index contributed by atoms with van der Waals surface area (Å²) in [7, 11) is 1.95. The van der Waals surface area contributed by atoms with Crippen LogP contribution in [0.1, 0.15) is 19.3 Å². The average Bonchev–Trinajstić information content (AvgIpc) is 2.00. The van der Waals surface area contributed by atoms with Crippen molar-refractivity contribution in [2.24, 2.45) is 0 Å². The molecule has 0 aliphatic rings. The first kappa shape index (κ1) is 10.9. The zero-order valence-corrected chi connectivity index (χ0v) is 7.30. The second kappa shape index (κ2) is 6.62. The third kappa shape index (κ3) is 7.03. The number of hydrogen-bond donors (Lipinski definition) is 1. The quantitative estimate of drug-likeness (QED) is 0.498. The molecule has 4 heteroatoms. The molecule has 12 heavy (non-hydrogen) atoms. The second-order valence-corrected chi connectivity index (χ2v) is 2.84. The number of rotatable bonds is 6. The number of nitrogens with zero attached hydrogens (tertiary/aromatic N) is 1. The first-order chi connectivity index (χ1) is 5.66. The van der Waals surface area contributed by atoms with Gasteiger partial charge in [-0.1, -0.05) is 0 Å². The van der Waals surface area contributed by atoms with Crippen molar-refractivity contribution in [2.45, 2.75) is 19.3 Å². The summed E-state index contributed by atoms with van der Waals surface area (Å²) in [5, 5.41) is 18.3. The molecule has 0 amide bonds. The van der Waals surface area contributed by atoms with Crippen LogP contribution in [-0.4, -0.2) is 26.1 Å². The van der Waals surface area contributed by atoms with E-state index in [0.717, 1.165) is 13.1 Å². The van der Waals surface area contributed by atoms with Crippen molar-refractivity contribution in [3.05, 3.63) is 0 Å². The van der Waals surface area contributed by atoms with Gasteiger partial charge in [0.15, 0.2) is 0 Å². The van der Waals surface area contributed by atoms with Gasteiger partial charge in [0, 0.05) is 12.4 Å². The van der Waals surface area contributed by atoms with E-state index in [4.69, 9.17) is 5.26 Å². The third-order valence-electron chi connectivity index (χ3n) is 1.65. The second-order valence-electron chi connectivity index (χ2n) is 2.84. The molecule has 0 fully saturated rings. The Morgan fingerprint density at radius 2 is 2.25 bits per heavy atom. The molecule has 0 heterocycles. The predicted octanol–water partition coefficient (Wildman–Crippen LogP) is -2.06. The normalized spacial score (nSPS) is 12.0. The molecular formula is C8H14N2O2. The molecule has 1 atom stereocenters. The summed E-state index contributed by atoms with van der Waals surface area (Å²) in [6, 6.07) is 2.05. The van der Waals surface area contributed by atoms with Gasteiger partial charge >= 0.3 is 0 Å². The molecule has 0 bridgehead atoms. The van der Waals surface area contributed by atoms with Gasteiger partial charge in [0.1, 0.15) is 0 Å². The van der Waals surface area contributed by atoms with Crippen LogP contribution in [0.15, 0.2) is 0 Å². The fraction of sp³-hybridized carbons (Fsp3) is 0.750. The van der Waals surface area contributed by atoms with E-state index in [1.165, 1.54) is 4.90 Å². The van der Waals surface area contributed by atoms with Gasteiger partial charge in [-0.3, -0.25) is 0 Å². The smallest absolute Gasteiger partial charge is 0.0901 e. The van der Waals surface area contributed by atoms with Crippen molar-refractivity contribution in [3.8, 4) is 6.07 Å². The van der Waals surface area contributed by atoms with E-state index in [1.54, 1.807) is 0 Å². The molecule has 0 saturated carbocycles. The van der Waals surface area contributed by atoms with Gasteiger partial charge in [0.05, 0.1) is 32.6 Å². The molecule has 1 N–H and O–H groups in total. The number of carbonyl (C=O) groups is 1. The lowest BCUT2D eigenvalue weighted by Gasteiger charge is -2.11. The van der Waals surface area contributed by atoms with Gasteiger partial charge in [0.25, 0.3) is 0 Å². The SMILES string of the molecule is C[NH+](CCC#N)CCCC(=O)[O-]. The molecule has 0 aliphatic heterocycles. The number of nitriles is 1. The minimum atomic E-state index is -0.997. The first-order valence-corrected chi connectivity index (χ1v) is 4.05. The monoisotopic (exact) mass is 170 g/mol. The highest BCUT2D eigenvalue weighted by Gasteiger charge is 1.99. The van der Waals surface area contributed by atoms with Crippen LogP contribution >= 0.6 is 0 Å². The predicted molar refractivity (Wildman–Crippen MR) is 41.1 cm³/mol. The molecule has 0 aromatic rings. The minimum Gasteiger partial charge on any atom is -0.550 e. The van der Waals surface area contributed by atoms with E-state index in [-0.39, 0.29) is 6.42 Å². The fourth-order valence-corrected chi connectivity index (χ4v) is 0.929. The van der Waals surface area contributed by atoms with Gasteiger partial charge in [0.2, 0.25) is 0 Å². The number of carboxylic acid groups (broad SMARTS) is 1. The van der Waals surface area contributed by atoms with Crippen LogP contribution in [0.2, 0.25) is 0 Å². The summed E-state index contributed by atoms with van der Waals surface area (Å²) in [4.78, 5) is 11.2. The molecule has 0 aliphatic carbocycles. The Morgan fingerprint density at radius 3 is 2.75 bits per heavy atom. The van der Waals surface area contributed by atoms with Crippen LogP contribution in [0.4, 0.5) is 0 Å². The standard InChI is InChI=1S/C8H14N2O2/c1-10(7-3-5-9)6-2-4-8(11)12/h2-4,6-7H2,1H3,(H,11,12). The average molecular weight is 170 g/mol. The molecule has 0 aromatic carbocycles. The van der Waals surface area contributed by atoms with Gasteiger partial charge < -0.3 is 14.8 Å². The highest BCUT2D eigenvalue weighted by molar-refractivity contribution is 5.64. The van der Waals surface area contributed by atoms with Crippen molar-refractivity contribution in [2.75, 3.05) is 20.1 Å². The van der Waals surface area contributed by atoms with Gasteiger partial charge in [-0.2, -0.15) is 5.26 Å². The Balaban J connectivity index is 3.26. The number of carboxylic acids is 1. The molecule has 1 unspecified atom stereocenters. The number of aliphatic carboxylic acids is 1. The lowest BCUT2D eigenvalue weighted by Crippen LogP contribution is -3.09. The largest absolute Gasteiger partial charge is 0.550 e. The van der Waals surface area contributed by atoms with Crippen molar-refractivity contribution < 1.29 is 14.8 Å². The maximum absolute atomic E-state index is 10.0. The van der Waals surface area contributed by atoms with E-state index in [9.17, 15) is 9.90 Å². The Hall–Kier alpha value is -1.08. The van der Waals surface area contributed by atoms with E-state index >= 15 is 0 Å². The molecule has 0 radical (unpaired) electrons. The molecule has 0 spiro atoms. The van der Waals surface area contributed by atoms with Crippen LogP contribution < -0.4 is 10.0 Å². The van der Waals surface area contributed by atoms with Crippen LogP contribution in [0.5, 0.6) is 0 Å². The summed E-state index contributed by atoms with van der Waals surface area (Å²) in [6.07, 6.45) is 1.26. The zero-order chi connectivity index (χ0) is 9.40. The molecule has 4 nitrogen and oxygen atoms in total. The molecule has 0 saturated heterocycles. The Labute approximate surface area is 72.4 Å². The van der Waals surface area contributed by atoms with E-state index in [0.29, 0.717) is 12.8 Å². The van der Waals surface area contributed by atoms with Crippen molar-refractivity contribution in [3.63, 3.8) is 0 Å². The van der Waals surface area contributed by atoms with Crippen molar-refractivity contribution >= 4 is 5.97 Å². The lowest BCUT2D eigenvalue weighted by molar-refractivity contribution is -0.879. The topological polar surface area (TPSA) is 68.4 Å². The molecular weight excluding hydrogens is 156 g/mol. The number of carbonyl (C=O) groups excluding carboxylic acids is 1. The third-order valence-corrected chi connectivity index (χ3v) is 1.65. The maximum atomic E-state index is 10.0. The molecule has 0 rings (SSSR count). The molecule has 0 aromatic heterocycles. The van der Waals surface area contributed by atoms with Crippen molar-refractivity contribution in [1.82, 2.24) is 0 Å². The summed E-state index contributed by atoms with van der Waals surface area (Å²) < 4.78 is 0. The van der Waals surface area contributed by atoms with Crippen LogP contribution in [-0.2, 0) is 4.79 Å². The van der Waals surface area contributed by atoms with Crippen LogP contribution in [0.3, 0.4) is 0 Å². The minimum absolute atomic E-state index is 0.115. The zero-order valence-electron chi connectivity index (χ0n) is 7.30. The lowest BCUT2D eigenvalue weighted by atomic mass is 10.3. The fourth-order valence-electron chi connectivity index (χ4n) is 0.929. The van der Waals surface area contributed by atoms with E-state index in [1.807, 2.05) is 13.1 Å². The molecule has 68 valence electrons. The summed E-state index contributed by atoms with van der Waals surface area (Å²) in [6.45, 7) is 1.57. The first-order valence-electron chi connectivity index (χ1n) is 4.05. The van der Waals surface area contributed by atoms with E-state index < -0.39 is 5.97 Å². The number of hydrogen-bond acceptors (Lipinski definition) is 3. The van der Waals surface area contributed by atoms with Crippen LogP contribution in [0, 0.1) is 11.3 Å². The Bertz CT molecular complexity index is 174. The Kier molecular flexibility index (Phi) is 6.02. The van der Waals surface area contributed by atoms with Crippen molar-refractivity contribution in [1.29, 1.82) is 5.26 Å². The summed E-state index contributed by atoms with van der Waals surface area (Å²) in [5.74, 6) is -0.997. The van der Waals surface area contributed by atoms with Gasteiger partial charge in [-0.15, -0.1) is 0 Å². The highest BCUT2D eigenvalue weighted by Crippen LogP contribution is 1.80. The highest BCUT2D eigenvalue weighted by atomic mass is 16.4. The van der Waals surface area contributed by atoms with Gasteiger partial charge in [-0.25, -0.2) is 0 Å². The van der Waals surface area contributed by atoms with Crippen LogP contribution in [0.25, 0.3) is 0 Å². The number of quaternary nitrogens is 1. The summed E-state index contributed by atoms with van der Waals surface area (Å²) >= 11 is 0.